The molecule has 198 valence electrons. The molecule has 2 amide bonds. The number of carbonyl (C=O) groups is 2. The van der Waals surface area contributed by atoms with E-state index < -0.39 is 22.0 Å². The standard InChI is InChI=1S/C25H30N4O6S2/c1-4-13-29-22-20(34-3)7-6-8-21(22)36-24(29)26-23(30)18-9-11-19(12-10-18)37(32,33)28-16-14-27(15-17-28)25(31)35-5-2/h6-12H,4-5,13-17H2,1-3H3. The maximum atomic E-state index is 13.1. The number of piperazine rings is 1. The Morgan fingerprint density at radius 3 is 2.35 bits per heavy atom. The summed E-state index contributed by atoms with van der Waals surface area (Å²) in [7, 11) is -2.16. The SMILES string of the molecule is CCCn1c(=NC(=O)c2ccc(S(=O)(=O)N3CCN(C(=O)OCC)CC3)cc2)sc2cccc(OC)c21. The fourth-order valence-electron chi connectivity index (χ4n) is 4.17. The van der Waals surface area contributed by atoms with Crippen molar-refractivity contribution in [1.29, 1.82) is 0 Å². The predicted octanol–water partition coefficient (Wildman–Crippen LogP) is 3.33. The fourth-order valence-corrected chi connectivity index (χ4v) is 6.67. The van der Waals surface area contributed by atoms with E-state index in [2.05, 4.69) is 4.99 Å². The number of fused-ring (bicyclic) bond motifs is 1. The second-order valence-electron chi connectivity index (χ2n) is 8.37. The summed E-state index contributed by atoms with van der Waals surface area (Å²) >= 11 is 1.40. The average molecular weight is 547 g/mol. The number of aryl methyl sites for hydroxylation is 1. The van der Waals surface area contributed by atoms with E-state index in [0.717, 1.165) is 16.6 Å². The van der Waals surface area contributed by atoms with E-state index in [1.807, 2.05) is 29.7 Å². The van der Waals surface area contributed by atoms with Gasteiger partial charge in [-0.3, -0.25) is 4.79 Å². The molecule has 1 saturated heterocycles. The number of hydrogen-bond acceptors (Lipinski definition) is 7. The number of para-hydroxylation sites is 1. The van der Waals surface area contributed by atoms with E-state index in [4.69, 9.17) is 9.47 Å². The van der Waals surface area contributed by atoms with Gasteiger partial charge in [-0.2, -0.15) is 9.30 Å². The van der Waals surface area contributed by atoms with Crippen molar-refractivity contribution in [3.05, 3.63) is 52.8 Å². The Hall–Kier alpha value is -3.22. The maximum Gasteiger partial charge on any atom is 0.409 e. The van der Waals surface area contributed by atoms with E-state index in [9.17, 15) is 18.0 Å². The third-order valence-electron chi connectivity index (χ3n) is 6.03. The van der Waals surface area contributed by atoms with Gasteiger partial charge in [-0.25, -0.2) is 13.2 Å². The number of hydrogen-bond donors (Lipinski definition) is 0. The summed E-state index contributed by atoms with van der Waals surface area (Å²) in [6.45, 7) is 5.57. The Morgan fingerprint density at radius 1 is 1.03 bits per heavy atom. The lowest BCUT2D eigenvalue weighted by atomic mass is 10.2. The minimum absolute atomic E-state index is 0.0845. The molecule has 3 aromatic rings. The first kappa shape index (κ1) is 26.8. The van der Waals surface area contributed by atoms with Gasteiger partial charge >= 0.3 is 6.09 Å². The number of benzene rings is 2. The van der Waals surface area contributed by atoms with Crippen molar-refractivity contribution in [2.45, 2.75) is 31.7 Å². The number of nitrogens with zero attached hydrogens (tertiary/aromatic N) is 4. The van der Waals surface area contributed by atoms with Crippen LogP contribution in [-0.2, 0) is 21.3 Å². The lowest BCUT2D eigenvalue weighted by Crippen LogP contribution is -2.50. The second kappa shape index (κ2) is 11.4. The lowest BCUT2D eigenvalue weighted by Gasteiger charge is -2.33. The number of aromatic nitrogens is 1. The van der Waals surface area contributed by atoms with Gasteiger partial charge in [-0.15, -0.1) is 0 Å². The van der Waals surface area contributed by atoms with Crippen LogP contribution in [0.5, 0.6) is 5.75 Å². The molecule has 0 N–H and O–H groups in total. The Balaban J connectivity index is 1.55. The van der Waals surface area contributed by atoms with Crippen molar-refractivity contribution in [3.8, 4) is 5.75 Å². The van der Waals surface area contributed by atoms with Gasteiger partial charge in [-0.05, 0) is 49.7 Å². The van der Waals surface area contributed by atoms with Gasteiger partial charge < -0.3 is 18.9 Å². The van der Waals surface area contributed by atoms with Crippen LogP contribution >= 0.6 is 11.3 Å². The largest absolute Gasteiger partial charge is 0.495 e. The average Bonchev–Trinajstić information content (AvgIpc) is 3.26. The molecule has 12 heteroatoms. The quantitative estimate of drug-likeness (QED) is 0.450. The predicted molar refractivity (Wildman–Crippen MR) is 140 cm³/mol. The van der Waals surface area contributed by atoms with E-state index in [0.29, 0.717) is 22.7 Å². The topological polar surface area (TPSA) is 111 Å². The van der Waals surface area contributed by atoms with E-state index in [-0.39, 0.29) is 37.7 Å². The monoisotopic (exact) mass is 546 g/mol. The molecule has 2 aromatic carbocycles. The van der Waals surface area contributed by atoms with Crippen LogP contribution in [0.15, 0.2) is 52.4 Å². The molecule has 37 heavy (non-hydrogen) atoms. The number of thiazole rings is 1. The molecule has 10 nitrogen and oxygen atoms in total. The summed E-state index contributed by atoms with van der Waals surface area (Å²) in [6.07, 6.45) is 0.412. The van der Waals surface area contributed by atoms with Crippen molar-refractivity contribution in [2.24, 2.45) is 4.99 Å². The molecule has 0 spiro atoms. The van der Waals surface area contributed by atoms with Gasteiger partial charge in [0, 0.05) is 38.3 Å². The third-order valence-corrected chi connectivity index (χ3v) is 8.99. The first-order chi connectivity index (χ1) is 17.8. The van der Waals surface area contributed by atoms with Crippen molar-refractivity contribution in [1.82, 2.24) is 13.8 Å². The summed E-state index contributed by atoms with van der Waals surface area (Å²) in [6, 6.07) is 11.5. The van der Waals surface area contributed by atoms with Gasteiger partial charge in [0.05, 0.1) is 23.3 Å². The highest BCUT2D eigenvalue weighted by atomic mass is 32.2. The molecular weight excluding hydrogens is 516 g/mol. The normalized spacial score (nSPS) is 15.2. The number of methoxy groups -OCH3 is 1. The molecule has 0 aliphatic carbocycles. The zero-order chi connectivity index (χ0) is 26.6. The molecule has 0 bridgehead atoms. The number of carbonyl (C=O) groups excluding carboxylic acids is 2. The molecule has 0 saturated carbocycles. The summed E-state index contributed by atoms with van der Waals surface area (Å²) in [4.78, 5) is 31.4. The van der Waals surface area contributed by atoms with Gasteiger partial charge in [0.1, 0.15) is 11.3 Å². The van der Waals surface area contributed by atoms with Crippen LogP contribution in [0.25, 0.3) is 10.2 Å². The lowest BCUT2D eigenvalue weighted by molar-refractivity contribution is 0.0933. The van der Waals surface area contributed by atoms with Crippen molar-refractivity contribution in [3.63, 3.8) is 0 Å². The molecule has 4 rings (SSSR count). The van der Waals surface area contributed by atoms with Gasteiger partial charge in [0.25, 0.3) is 5.91 Å². The van der Waals surface area contributed by atoms with Crippen LogP contribution in [0.3, 0.4) is 0 Å². The summed E-state index contributed by atoms with van der Waals surface area (Å²) in [5.41, 5.74) is 1.19. The number of amides is 2. The summed E-state index contributed by atoms with van der Waals surface area (Å²) < 4.78 is 41.0. The van der Waals surface area contributed by atoms with Crippen LogP contribution in [0.1, 0.15) is 30.6 Å². The first-order valence-corrected chi connectivity index (χ1v) is 14.3. The molecule has 0 radical (unpaired) electrons. The van der Waals surface area contributed by atoms with Crippen molar-refractivity contribution < 1.29 is 27.5 Å². The highest BCUT2D eigenvalue weighted by molar-refractivity contribution is 7.89. The first-order valence-electron chi connectivity index (χ1n) is 12.1. The minimum Gasteiger partial charge on any atom is -0.495 e. The Morgan fingerprint density at radius 2 is 1.73 bits per heavy atom. The molecule has 0 atom stereocenters. The molecule has 2 heterocycles. The number of rotatable bonds is 7. The number of ether oxygens (including phenoxy) is 2. The van der Waals surface area contributed by atoms with E-state index in [1.165, 1.54) is 44.8 Å². The second-order valence-corrected chi connectivity index (χ2v) is 11.3. The van der Waals surface area contributed by atoms with E-state index in [1.54, 1.807) is 14.0 Å². The van der Waals surface area contributed by atoms with Gasteiger partial charge in [0.2, 0.25) is 10.0 Å². The number of sulfonamides is 1. The van der Waals surface area contributed by atoms with E-state index >= 15 is 0 Å². The maximum absolute atomic E-state index is 13.1. The van der Waals surface area contributed by atoms with Gasteiger partial charge in [-0.1, -0.05) is 24.3 Å². The van der Waals surface area contributed by atoms with Crippen LogP contribution in [0.4, 0.5) is 4.79 Å². The molecule has 1 aromatic heterocycles. The van der Waals surface area contributed by atoms with Crippen molar-refractivity contribution >= 4 is 43.6 Å². The zero-order valence-electron chi connectivity index (χ0n) is 21.0. The van der Waals surface area contributed by atoms with Gasteiger partial charge in [0.15, 0.2) is 4.80 Å². The zero-order valence-corrected chi connectivity index (χ0v) is 22.7. The molecule has 1 aliphatic heterocycles. The highest BCUT2D eigenvalue weighted by Gasteiger charge is 2.30. The summed E-state index contributed by atoms with van der Waals surface area (Å²) in [5, 5.41) is 0. The Kier molecular flexibility index (Phi) is 8.30. The Labute approximate surface area is 219 Å². The van der Waals surface area contributed by atoms with Crippen LogP contribution in [-0.4, -0.2) is 74.1 Å². The van der Waals surface area contributed by atoms with Crippen LogP contribution in [0, 0.1) is 0 Å². The minimum atomic E-state index is -3.77. The molecule has 0 unspecified atom stereocenters. The molecule has 1 aliphatic rings. The highest BCUT2D eigenvalue weighted by Crippen LogP contribution is 2.27. The third kappa shape index (κ3) is 5.55. The smallest absolute Gasteiger partial charge is 0.409 e. The van der Waals surface area contributed by atoms with Crippen LogP contribution in [0.2, 0.25) is 0 Å². The van der Waals surface area contributed by atoms with Crippen LogP contribution < -0.4 is 9.54 Å². The molecule has 1 fully saturated rings. The van der Waals surface area contributed by atoms with Crippen molar-refractivity contribution in [2.75, 3.05) is 39.9 Å². The Bertz CT molecular complexity index is 1450. The molecular formula is C25H30N4O6S2. The fraction of sp³-hybridized carbons (Fsp3) is 0.400. The summed E-state index contributed by atoms with van der Waals surface area (Å²) in [5.74, 6) is 0.260.